The first-order valence-corrected chi connectivity index (χ1v) is 20.6. The maximum atomic E-state index is 11.2. The van der Waals surface area contributed by atoms with Crippen molar-refractivity contribution >= 4 is 43.2 Å². The van der Waals surface area contributed by atoms with Crippen LogP contribution in [0.3, 0.4) is 0 Å². The van der Waals surface area contributed by atoms with Gasteiger partial charge in [0, 0.05) is 57.5 Å². The van der Waals surface area contributed by atoms with Crippen LogP contribution in [0, 0.1) is 0 Å². The topological polar surface area (TPSA) is 121 Å². The van der Waals surface area contributed by atoms with Crippen LogP contribution in [-0.2, 0) is 31.1 Å². The van der Waals surface area contributed by atoms with Crippen molar-refractivity contribution in [2.24, 2.45) is 0 Å². The van der Waals surface area contributed by atoms with Gasteiger partial charge in [-0.15, -0.1) is 0 Å². The number of halogens is 1. The Bertz CT molecular complexity index is 1910. The van der Waals surface area contributed by atoms with E-state index in [1.807, 2.05) is 24.3 Å². The number of anilines is 2. The molecule has 2 aromatic carbocycles. The van der Waals surface area contributed by atoms with Gasteiger partial charge in [0.15, 0.2) is 0 Å². The van der Waals surface area contributed by atoms with E-state index in [-0.39, 0.29) is 87.5 Å². The van der Waals surface area contributed by atoms with Crippen molar-refractivity contribution in [3.8, 4) is 0 Å². The molecule has 0 bridgehead atoms. The van der Waals surface area contributed by atoms with Gasteiger partial charge in [-0.1, -0.05) is 93.9 Å². The summed E-state index contributed by atoms with van der Waals surface area (Å²) >= 11 is 7.13. The third kappa shape index (κ3) is 10.7. The minimum Gasteiger partial charge on any atom is -0.748 e. The normalized spacial score (nSPS) is 21.2. The van der Waals surface area contributed by atoms with Crippen molar-refractivity contribution in [1.29, 1.82) is 0 Å². The van der Waals surface area contributed by atoms with E-state index in [0.717, 1.165) is 52.5 Å². The van der Waals surface area contributed by atoms with Crippen molar-refractivity contribution < 1.29 is 85.1 Å². The van der Waals surface area contributed by atoms with Crippen LogP contribution in [0.1, 0.15) is 83.8 Å². The first-order chi connectivity index (χ1) is 23.0. The Kier molecular flexibility index (Phi) is 15.9. The Balaban J connectivity index is 0.00000351. The molecule has 5 rings (SSSR count). The smallest absolute Gasteiger partial charge is 0.748 e. The molecule has 13 heteroatoms. The third-order valence-corrected chi connectivity index (χ3v) is 12.3. The predicted molar refractivity (Wildman–Crippen MR) is 197 cm³/mol. The Morgan fingerprint density at radius 3 is 1.98 bits per heavy atom. The van der Waals surface area contributed by atoms with Gasteiger partial charge in [-0.2, -0.15) is 0 Å². The number of benzene rings is 2. The molecule has 0 N–H and O–H groups in total. The first kappa shape index (κ1) is 44.5. The summed E-state index contributed by atoms with van der Waals surface area (Å²) < 4.78 is 67.2. The van der Waals surface area contributed by atoms with Crippen LogP contribution in [0.15, 0.2) is 94.7 Å². The number of hydrogen-bond acceptors (Lipinski definition) is 8. The van der Waals surface area contributed by atoms with Crippen molar-refractivity contribution in [1.82, 2.24) is 0 Å². The van der Waals surface area contributed by atoms with Gasteiger partial charge in [0.05, 0.1) is 26.3 Å². The monoisotopic (exact) mass is 772 g/mol. The molecule has 3 aliphatic rings. The molecule has 2 aromatic rings. The second-order valence-corrected chi connectivity index (χ2v) is 17.8. The summed E-state index contributed by atoms with van der Waals surface area (Å²) in [6, 6.07) is 16.6. The molecule has 1 aliphatic carbocycles. The maximum Gasteiger partial charge on any atom is 1.00 e. The second-order valence-electron chi connectivity index (χ2n) is 14.4. The van der Waals surface area contributed by atoms with Crippen LogP contribution in [0.2, 0.25) is 0 Å². The summed E-state index contributed by atoms with van der Waals surface area (Å²) in [6.07, 6.45) is 13.1. The second kappa shape index (κ2) is 18.2. The van der Waals surface area contributed by atoms with Gasteiger partial charge < -0.3 is 18.9 Å². The van der Waals surface area contributed by atoms with Crippen molar-refractivity contribution in [2.45, 2.75) is 89.5 Å². The van der Waals surface area contributed by atoms with E-state index < -0.39 is 20.2 Å². The van der Waals surface area contributed by atoms with Gasteiger partial charge in [0.1, 0.15) is 0 Å². The molecule has 0 saturated heterocycles. The summed E-state index contributed by atoms with van der Waals surface area (Å²) in [5.41, 5.74) is 7.41. The van der Waals surface area contributed by atoms with Crippen LogP contribution in [0.5, 0.6) is 0 Å². The first-order valence-electron chi connectivity index (χ1n) is 17.1. The largest absolute Gasteiger partial charge is 1.00 e. The standard InChI is InChI=1S/C38H49ClN2O6S2.2Na/c1-37(2)30-16-5-7-18-32(30)40(24-9-11-26-48(42,43)44)34(37)22-20-28-14-13-15-29(36(28)39)21-23-35-38(3,4)31-17-6-8-19-33(31)41(35)25-10-12-27-49(45,46)47;;/h5-8,16-23,34H,9-15,24-27H2,1-4H3,(H,42,43,44)(H,45,46,47);;/q;2*+1/p-2/b22-20+,29-21+,35-23-;;. The van der Waals surface area contributed by atoms with Crippen molar-refractivity contribution in [3.63, 3.8) is 0 Å². The van der Waals surface area contributed by atoms with Gasteiger partial charge in [0.25, 0.3) is 0 Å². The number of allylic oxidation sites excluding steroid dienone is 7. The van der Waals surface area contributed by atoms with Crippen LogP contribution >= 0.6 is 11.6 Å². The van der Waals surface area contributed by atoms with E-state index in [9.17, 15) is 25.9 Å². The molecule has 1 atom stereocenters. The Morgan fingerprint density at radius 1 is 0.784 bits per heavy atom. The van der Waals surface area contributed by atoms with E-state index in [2.05, 4.69) is 86.1 Å². The summed E-state index contributed by atoms with van der Waals surface area (Å²) in [5.74, 6) is -0.716. The molecule has 51 heavy (non-hydrogen) atoms. The molecule has 266 valence electrons. The number of para-hydroxylation sites is 2. The molecular formula is C38H47ClN2Na2O6S2. The van der Waals surface area contributed by atoms with E-state index >= 15 is 0 Å². The summed E-state index contributed by atoms with van der Waals surface area (Å²) in [7, 11) is -8.49. The fraction of sp³-hybridized carbons (Fsp3) is 0.474. The van der Waals surface area contributed by atoms with E-state index in [4.69, 9.17) is 11.6 Å². The van der Waals surface area contributed by atoms with Crippen LogP contribution in [0.25, 0.3) is 0 Å². The molecule has 8 nitrogen and oxygen atoms in total. The van der Waals surface area contributed by atoms with Gasteiger partial charge in [0.2, 0.25) is 0 Å². The van der Waals surface area contributed by atoms with Crippen LogP contribution in [0.4, 0.5) is 11.4 Å². The molecule has 1 unspecified atom stereocenters. The molecule has 0 aromatic heterocycles. The predicted octanol–water partition coefficient (Wildman–Crippen LogP) is 1.65. The molecule has 0 spiro atoms. The van der Waals surface area contributed by atoms with E-state index in [1.54, 1.807) is 0 Å². The fourth-order valence-corrected chi connectivity index (χ4v) is 9.09. The molecule has 0 amide bonds. The van der Waals surface area contributed by atoms with E-state index in [0.29, 0.717) is 38.8 Å². The van der Waals surface area contributed by atoms with E-state index in [1.165, 1.54) is 11.1 Å². The number of unbranched alkanes of at least 4 members (excludes halogenated alkanes) is 2. The molecule has 0 radical (unpaired) electrons. The van der Waals surface area contributed by atoms with Gasteiger partial charge in [-0.05, 0) is 85.4 Å². The molecule has 2 aliphatic heterocycles. The summed E-state index contributed by atoms with van der Waals surface area (Å²) in [6.45, 7) is 10.1. The third-order valence-electron chi connectivity index (χ3n) is 10.2. The summed E-state index contributed by atoms with van der Waals surface area (Å²) in [5, 5.41) is 0.750. The SMILES string of the molecule is CC1(C)/C(=C/C=C2\CCCC(/C=C/C3N(CCCCS(=O)(=O)[O-])c4ccccc4C3(C)C)=C2Cl)N(CCCCS(=O)(=O)[O-])c2ccccc21.[Na+].[Na+]. The average Bonchev–Trinajstić information content (AvgIpc) is 3.37. The van der Waals surface area contributed by atoms with Gasteiger partial charge >= 0.3 is 59.1 Å². The zero-order valence-electron chi connectivity index (χ0n) is 30.8. The fourth-order valence-electron chi connectivity index (χ4n) is 7.66. The number of fused-ring (bicyclic) bond motifs is 2. The number of rotatable bonds is 13. The molecule has 0 saturated carbocycles. The minimum absolute atomic E-state index is 0. The molecule has 0 fully saturated rings. The van der Waals surface area contributed by atoms with Crippen molar-refractivity contribution in [3.05, 3.63) is 106 Å². The Hall–Kier alpha value is -0.890. The molecular weight excluding hydrogens is 726 g/mol. The van der Waals surface area contributed by atoms with Gasteiger partial charge in [-0.3, -0.25) is 0 Å². The van der Waals surface area contributed by atoms with Gasteiger partial charge in [-0.25, -0.2) is 16.8 Å². The Morgan fingerprint density at radius 2 is 1.35 bits per heavy atom. The maximum absolute atomic E-state index is 11.2. The zero-order valence-corrected chi connectivity index (χ0v) is 37.2. The number of hydrogen-bond donors (Lipinski definition) is 0. The van der Waals surface area contributed by atoms with Crippen LogP contribution in [-0.4, -0.2) is 56.6 Å². The number of nitrogens with zero attached hydrogens (tertiary/aromatic N) is 2. The minimum atomic E-state index is -4.25. The van der Waals surface area contributed by atoms with Crippen molar-refractivity contribution in [2.75, 3.05) is 34.4 Å². The average molecular weight is 773 g/mol. The van der Waals surface area contributed by atoms with Crippen LogP contribution < -0.4 is 68.9 Å². The Labute approximate surface area is 354 Å². The summed E-state index contributed by atoms with van der Waals surface area (Å²) in [4.78, 5) is 4.56. The molecule has 2 heterocycles. The zero-order chi connectivity index (χ0) is 35.6. The quantitative estimate of drug-likeness (QED) is 0.171.